The van der Waals surface area contributed by atoms with Crippen molar-refractivity contribution in [3.05, 3.63) is 29.8 Å². The van der Waals surface area contributed by atoms with Crippen LogP contribution in [-0.2, 0) is 0 Å². The summed E-state index contributed by atoms with van der Waals surface area (Å²) in [6.45, 7) is 5.80. The first-order valence-corrected chi connectivity index (χ1v) is 7.68. The highest BCUT2D eigenvalue weighted by Gasteiger charge is 2.27. The molecule has 1 aliphatic rings. The molecule has 0 aromatic heterocycles. The number of rotatable bonds is 4. The fraction of sp³-hybridized carbons (Fsp3) is 0.235. The lowest BCUT2D eigenvalue weighted by Crippen LogP contribution is -2.22. The van der Waals surface area contributed by atoms with E-state index in [4.69, 9.17) is 10.5 Å². The van der Waals surface area contributed by atoms with Crippen LogP contribution in [0.25, 0.3) is 0 Å². The Hall–Kier alpha value is -3.09. The van der Waals surface area contributed by atoms with Gasteiger partial charge in [0.15, 0.2) is 17.2 Å². The molecule has 126 valence electrons. The number of carbonyl (C=O) groups excluding carboxylic acids is 1. The standard InChI is InChI=1S/C17H19N3O4/c1-3-20(4-2)9-5-6-11-13(7-9)24-16-14(19-11)10(17(18)23)8-12(21)15(16)22/h5-8,19,21-22H,3-4H2,1-2H3,(H2,18,23). The smallest absolute Gasteiger partial charge is 0.251 e. The van der Waals surface area contributed by atoms with Gasteiger partial charge in [-0.2, -0.15) is 0 Å². The third-order valence-corrected chi connectivity index (χ3v) is 4.07. The van der Waals surface area contributed by atoms with Crippen LogP contribution in [0.1, 0.15) is 24.2 Å². The van der Waals surface area contributed by atoms with Crippen LogP contribution in [0.5, 0.6) is 23.0 Å². The summed E-state index contributed by atoms with van der Waals surface area (Å²) in [6, 6.07) is 6.73. The second-order valence-electron chi connectivity index (χ2n) is 5.44. The number of phenols is 2. The van der Waals surface area contributed by atoms with Gasteiger partial charge in [0.2, 0.25) is 5.75 Å². The maximum Gasteiger partial charge on any atom is 0.251 e. The van der Waals surface area contributed by atoms with Gasteiger partial charge in [-0.1, -0.05) is 0 Å². The molecule has 7 nitrogen and oxygen atoms in total. The number of aromatic hydroxyl groups is 2. The van der Waals surface area contributed by atoms with E-state index in [1.807, 2.05) is 18.2 Å². The van der Waals surface area contributed by atoms with Crippen LogP contribution < -0.4 is 20.7 Å². The number of hydrogen-bond donors (Lipinski definition) is 4. The molecule has 0 atom stereocenters. The van der Waals surface area contributed by atoms with Gasteiger partial charge in [-0.25, -0.2) is 0 Å². The maximum absolute atomic E-state index is 11.6. The molecule has 1 aliphatic heterocycles. The van der Waals surface area contributed by atoms with Crippen molar-refractivity contribution in [1.82, 2.24) is 0 Å². The Morgan fingerprint density at radius 3 is 2.58 bits per heavy atom. The molecule has 7 heteroatoms. The Kier molecular flexibility index (Phi) is 3.84. The summed E-state index contributed by atoms with van der Waals surface area (Å²) in [5.41, 5.74) is 7.24. The first kappa shape index (κ1) is 15.8. The Labute approximate surface area is 139 Å². The van der Waals surface area contributed by atoms with Crippen LogP contribution in [0.4, 0.5) is 17.1 Å². The number of nitrogens with one attached hydrogen (secondary N) is 1. The van der Waals surface area contributed by atoms with Crippen molar-refractivity contribution in [3.63, 3.8) is 0 Å². The molecule has 24 heavy (non-hydrogen) atoms. The molecule has 0 saturated heterocycles. The summed E-state index contributed by atoms with van der Waals surface area (Å²) in [5.74, 6) is -1.17. The number of nitrogens with zero attached hydrogens (tertiary/aromatic N) is 1. The van der Waals surface area contributed by atoms with E-state index in [-0.39, 0.29) is 17.0 Å². The lowest BCUT2D eigenvalue weighted by Gasteiger charge is -2.27. The number of ether oxygens (including phenoxy) is 1. The number of fused-ring (bicyclic) bond motifs is 2. The predicted molar refractivity (Wildman–Crippen MR) is 91.6 cm³/mol. The van der Waals surface area contributed by atoms with Crippen LogP contribution in [0.2, 0.25) is 0 Å². The third kappa shape index (κ3) is 2.44. The molecular formula is C17H19N3O4. The van der Waals surface area contributed by atoms with Gasteiger partial charge in [-0.15, -0.1) is 0 Å². The molecule has 0 bridgehead atoms. The Morgan fingerprint density at radius 2 is 1.96 bits per heavy atom. The molecular weight excluding hydrogens is 310 g/mol. The van der Waals surface area contributed by atoms with Crippen molar-refractivity contribution < 1.29 is 19.7 Å². The van der Waals surface area contributed by atoms with Crippen molar-refractivity contribution >= 4 is 23.0 Å². The van der Waals surface area contributed by atoms with Gasteiger partial charge in [-0.05, 0) is 32.0 Å². The second-order valence-corrected chi connectivity index (χ2v) is 5.44. The van der Waals surface area contributed by atoms with Crippen molar-refractivity contribution in [2.45, 2.75) is 13.8 Å². The molecule has 2 aromatic carbocycles. The largest absolute Gasteiger partial charge is 0.504 e. The van der Waals surface area contributed by atoms with Gasteiger partial charge in [0.25, 0.3) is 5.91 Å². The average Bonchev–Trinajstić information content (AvgIpc) is 2.57. The van der Waals surface area contributed by atoms with Crippen LogP contribution in [0.3, 0.4) is 0 Å². The topological polar surface area (TPSA) is 108 Å². The number of benzene rings is 2. The Bertz CT molecular complexity index is 816. The Balaban J connectivity index is 2.09. The number of primary amides is 1. The van der Waals surface area contributed by atoms with E-state index in [2.05, 4.69) is 24.1 Å². The van der Waals surface area contributed by atoms with E-state index >= 15 is 0 Å². The third-order valence-electron chi connectivity index (χ3n) is 4.07. The van der Waals surface area contributed by atoms with Crippen LogP contribution in [0.15, 0.2) is 24.3 Å². The van der Waals surface area contributed by atoms with Crippen LogP contribution >= 0.6 is 0 Å². The van der Waals surface area contributed by atoms with Gasteiger partial charge in [0.1, 0.15) is 0 Å². The zero-order chi connectivity index (χ0) is 17.4. The number of phenolic OH excluding ortho intramolecular Hbond substituents is 2. The van der Waals surface area contributed by atoms with E-state index in [1.165, 1.54) is 0 Å². The number of amides is 1. The fourth-order valence-electron chi connectivity index (χ4n) is 2.78. The molecule has 2 aromatic rings. The van der Waals surface area contributed by atoms with E-state index in [0.717, 1.165) is 24.8 Å². The molecule has 0 saturated carbocycles. The molecule has 0 radical (unpaired) electrons. The number of nitrogens with two attached hydrogens (primary N) is 1. The van der Waals surface area contributed by atoms with E-state index < -0.39 is 17.4 Å². The minimum atomic E-state index is -0.735. The first-order chi connectivity index (χ1) is 11.5. The monoisotopic (exact) mass is 329 g/mol. The van der Waals surface area contributed by atoms with Crippen LogP contribution in [-0.4, -0.2) is 29.2 Å². The molecule has 1 amide bonds. The fourth-order valence-corrected chi connectivity index (χ4v) is 2.78. The molecule has 5 N–H and O–H groups in total. The predicted octanol–water partition coefficient (Wildman–Crippen LogP) is 2.89. The maximum atomic E-state index is 11.6. The average molecular weight is 329 g/mol. The van der Waals surface area contributed by atoms with Gasteiger partial charge < -0.3 is 30.9 Å². The first-order valence-electron chi connectivity index (χ1n) is 7.68. The highest BCUT2D eigenvalue weighted by atomic mass is 16.5. The quantitative estimate of drug-likeness (QED) is 0.433. The van der Waals surface area contributed by atoms with Crippen molar-refractivity contribution in [2.75, 3.05) is 23.3 Å². The van der Waals surface area contributed by atoms with Gasteiger partial charge in [-0.3, -0.25) is 4.79 Å². The number of hydrogen-bond acceptors (Lipinski definition) is 6. The summed E-state index contributed by atoms with van der Waals surface area (Å²) < 4.78 is 5.75. The highest BCUT2D eigenvalue weighted by Crippen LogP contribution is 2.52. The molecule has 1 heterocycles. The van der Waals surface area contributed by atoms with Crippen molar-refractivity contribution in [3.8, 4) is 23.0 Å². The molecule has 0 spiro atoms. The molecule has 0 unspecified atom stereocenters. The number of anilines is 3. The number of carbonyl (C=O) groups is 1. The zero-order valence-electron chi connectivity index (χ0n) is 13.5. The van der Waals surface area contributed by atoms with Gasteiger partial charge in [0.05, 0.1) is 16.9 Å². The summed E-state index contributed by atoms with van der Waals surface area (Å²) in [7, 11) is 0. The molecule has 3 rings (SSSR count). The van der Waals surface area contributed by atoms with Crippen molar-refractivity contribution in [2.24, 2.45) is 5.73 Å². The van der Waals surface area contributed by atoms with Gasteiger partial charge in [0, 0.05) is 24.8 Å². The van der Waals surface area contributed by atoms with E-state index in [0.29, 0.717) is 11.4 Å². The SMILES string of the molecule is CCN(CC)c1ccc2c(c1)Oc1c(O)c(O)cc(C(N)=O)c1N2. The summed E-state index contributed by atoms with van der Waals surface area (Å²) in [5, 5.41) is 22.9. The highest BCUT2D eigenvalue weighted by molar-refractivity contribution is 6.03. The van der Waals surface area contributed by atoms with Crippen molar-refractivity contribution in [1.29, 1.82) is 0 Å². The zero-order valence-corrected chi connectivity index (χ0v) is 13.5. The minimum absolute atomic E-state index is 0.0204. The van der Waals surface area contributed by atoms with E-state index in [9.17, 15) is 15.0 Å². The summed E-state index contributed by atoms with van der Waals surface area (Å²) in [4.78, 5) is 13.7. The molecule has 0 fully saturated rings. The summed E-state index contributed by atoms with van der Waals surface area (Å²) >= 11 is 0. The lowest BCUT2D eigenvalue weighted by molar-refractivity contribution is 0.100. The minimum Gasteiger partial charge on any atom is -0.504 e. The van der Waals surface area contributed by atoms with Crippen LogP contribution in [0, 0.1) is 0 Å². The Morgan fingerprint density at radius 1 is 1.25 bits per heavy atom. The lowest BCUT2D eigenvalue weighted by atomic mass is 10.1. The van der Waals surface area contributed by atoms with E-state index in [1.54, 1.807) is 0 Å². The second kappa shape index (κ2) is 5.84. The molecule has 0 aliphatic carbocycles. The summed E-state index contributed by atoms with van der Waals surface area (Å²) in [6.07, 6.45) is 0. The normalized spacial score (nSPS) is 11.8. The van der Waals surface area contributed by atoms with Gasteiger partial charge >= 0.3 is 0 Å².